The van der Waals surface area contributed by atoms with E-state index in [-0.39, 0.29) is 11.9 Å². The van der Waals surface area contributed by atoms with Crippen molar-refractivity contribution in [1.82, 2.24) is 0 Å². The summed E-state index contributed by atoms with van der Waals surface area (Å²) in [6.07, 6.45) is 1.03. The Bertz CT molecular complexity index is 737. The minimum absolute atomic E-state index is 0.0260. The number of hydrogen-bond donors (Lipinski definition) is 0. The highest BCUT2D eigenvalue weighted by molar-refractivity contribution is 5.86. The highest BCUT2D eigenvalue weighted by Gasteiger charge is 2.16. The molecule has 2 rings (SSSR count). The van der Waals surface area contributed by atoms with Crippen LogP contribution in [-0.2, 0) is 14.3 Å². The molecular formula is C20H22O5. The molecule has 0 bridgehead atoms. The lowest BCUT2D eigenvalue weighted by molar-refractivity contribution is -0.138. The fourth-order valence-electron chi connectivity index (χ4n) is 2.19. The summed E-state index contributed by atoms with van der Waals surface area (Å²) in [4.78, 5) is 11.8. The average molecular weight is 342 g/mol. The predicted octanol–water partition coefficient (Wildman–Crippen LogP) is 4.17. The molecule has 0 spiro atoms. The van der Waals surface area contributed by atoms with Crippen LogP contribution in [0.4, 0.5) is 0 Å². The van der Waals surface area contributed by atoms with E-state index in [1.54, 1.807) is 0 Å². The summed E-state index contributed by atoms with van der Waals surface area (Å²) < 4.78 is 21.2. The van der Waals surface area contributed by atoms with Gasteiger partial charge in [-0.25, -0.2) is 4.79 Å². The molecule has 132 valence electrons. The lowest BCUT2D eigenvalue weighted by Gasteiger charge is -2.17. The maximum Gasteiger partial charge on any atom is 0.377 e. The summed E-state index contributed by atoms with van der Waals surface area (Å²) in [5.41, 5.74) is 1.80. The normalized spacial score (nSPS) is 12.2. The number of rotatable bonds is 7. The maximum atomic E-state index is 11.8. The molecule has 25 heavy (non-hydrogen) atoms. The average Bonchev–Trinajstić information content (AvgIpc) is 2.63. The van der Waals surface area contributed by atoms with Gasteiger partial charge in [0.05, 0.1) is 14.2 Å². The summed E-state index contributed by atoms with van der Waals surface area (Å²) in [7, 11) is 2.72. The molecule has 1 unspecified atom stereocenters. The number of benzene rings is 2. The van der Waals surface area contributed by atoms with Crippen molar-refractivity contribution in [3.05, 3.63) is 71.7 Å². The zero-order valence-electron chi connectivity index (χ0n) is 14.8. The van der Waals surface area contributed by atoms with Crippen LogP contribution < -0.4 is 9.47 Å². The monoisotopic (exact) mass is 342 g/mol. The molecule has 0 saturated heterocycles. The van der Waals surface area contributed by atoms with Crippen molar-refractivity contribution < 1.29 is 23.7 Å². The number of methoxy groups -OCH3 is 2. The van der Waals surface area contributed by atoms with E-state index in [9.17, 15) is 4.79 Å². The van der Waals surface area contributed by atoms with Crippen molar-refractivity contribution in [2.75, 3.05) is 14.2 Å². The molecule has 2 aromatic carbocycles. The minimum atomic E-state index is -0.611. The van der Waals surface area contributed by atoms with E-state index in [4.69, 9.17) is 18.9 Å². The van der Waals surface area contributed by atoms with E-state index in [2.05, 4.69) is 0 Å². The SMILES string of the molecule is CO/C=C(\Oc1cc(C(C)Oc2ccccc2)ccc1C)C(=O)OC. The number of ether oxygens (including phenoxy) is 4. The van der Waals surface area contributed by atoms with Crippen molar-refractivity contribution in [2.45, 2.75) is 20.0 Å². The Labute approximate surface area is 147 Å². The number of hydrogen-bond acceptors (Lipinski definition) is 5. The molecule has 0 fully saturated rings. The van der Waals surface area contributed by atoms with Crippen LogP contribution in [0.1, 0.15) is 24.2 Å². The first-order chi connectivity index (χ1) is 12.0. The predicted molar refractivity (Wildman–Crippen MR) is 94.4 cm³/mol. The van der Waals surface area contributed by atoms with Crippen molar-refractivity contribution in [3.63, 3.8) is 0 Å². The summed E-state index contributed by atoms with van der Waals surface area (Å²) in [6.45, 7) is 3.84. The summed E-state index contributed by atoms with van der Waals surface area (Å²) in [6, 6.07) is 15.3. The molecule has 0 heterocycles. The van der Waals surface area contributed by atoms with Gasteiger partial charge in [-0.1, -0.05) is 30.3 Å². The van der Waals surface area contributed by atoms with Crippen LogP contribution in [0.5, 0.6) is 11.5 Å². The highest BCUT2D eigenvalue weighted by atomic mass is 16.6. The van der Waals surface area contributed by atoms with Crippen molar-refractivity contribution >= 4 is 5.97 Å². The van der Waals surface area contributed by atoms with Crippen molar-refractivity contribution in [1.29, 1.82) is 0 Å². The van der Waals surface area contributed by atoms with E-state index < -0.39 is 5.97 Å². The minimum Gasteiger partial charge on any atom is -0.500 e. The molecule has 0 aliphatic heterocycles. The second kappa shape index (κ2) is 8.78. The van der Waals surface area contributed by atoms with Gasteiger partial charge in [-0.3, -0.25) is 0 Å². The van der Waals surface area contributed by atoms with Gasteiger partial charge in [-0.05, 0) is 43.2 Å². The van der Waals surface area contributed by atoms with Gasteiger partial charge in [0, 0.05) is 0 Å². The first-order valence-electron chi connectivity index (χ1n) is 7.86. The van der Waals surface area contributed by atoms with Crippen LogP contribution in [0.15, 0.2) is 60.6 Å². The van der Waals surface area contributed by atoms with Crippen LogP contribution in [0, 0.1) is 6.92 Å². The van der Waals surface area contributed by atoms with Gasteiger partial charge >= 0.3 is 5.97 Å². The zero-order chi connectivity index (χ0) is 18.2. The first kappa shape index (κ1) is 18.4. The zero-order valence-corrected chi connectivity index (χ0v) is 14.8. The van der Waals surface area contributed by atoms with Gasteiger partial charge in [0.15, 0.2) is 0 Å². The molecule has 0 N–H and O–H groups in total. The van der Waals surface area contributed by atoms with Crippen LogP contribution in [-0.4, -0.2) is 20.2 Å². The second-order valence-electron chi connectivity index (χ2n) is 5.41. The van der Waals surface area contributed by atoms with Gasteiger partial charge < -0.3 is 18.9 Å². The van der Waals surface area contributed by atoms with Gasteiger partial charge in [-0.2, -0.15) is 0 Å². The van der Waals surface area contributed by atoms with E-state index in [0.717, 1.165) is 16.9 Å². The Kier molecular flexibility index (Phi) is 6.46. The third-order valence-electron chi connectivity index (χ3n) is 3.57. The molecule has 0 aliphatic rings. The van der Waals surface area contributed by atoms with Gasteiger partial charge in [0.25, 0.3) is 0 Å². The highest BCUT2D eigenvalue weighted by Crippen LogP contribution is 2.28. The Balaban J connectivity index is 2.21. The van der Waals surface area contributed by atoms with Crippen molar-refractivity contribution in [2.24, 2.45) is 0 Å². The topological polar surface area (TPSA) is 54.0 Å². The molecule has 0 saturated carbocycles. The van der Waals surface area contributed by atoms with Gasteiger partial charge in [0.2, 0.25) is 5.76 Å². The molecule has 5 heteroatoms. The largest absolute Gasteiger partial charge is 0.500 e. The third kappa shape index (κ3) is 5.01. The molecule has 0 aliphatic carbocycles. The molecule has 0 amide bonds. The van der Waals surface area contributed by atoms with Crippen LogP contribution in [0.3, 0.4) is 0 Å². The fraction of sp³-hybridized carbons (Fsp3) is 0.250. The fourth-order valence-corrected chi connectivity index (χ4v) is 2.19. The molecular weight excluding hydrogens is 320 g/mol. The standard InChI is InChI=1S/C20H22O5/c1-14-10-11-16(15(2)24-17-8-6-5-7-9-17)12-18(14)25-19(13-22-3)20(21)23-4/h5-13,15H,1-4H3/b19-13-. The first-order valence-corrected chi connectivity index (χ1v) is 7.86. The molecule has 0 radical (unpaired) electrons. The number of carbonyl (C=O) groups is 1. The Hall–Kier alpha value is -2.95. The van der Waals surface area contributed by atoms with Crippen LogP contribution >= 0.6 is 0 Å². The maximum absolute atomic E-state index is 11.8. The van der Waals surface area contributed by atoms with E-state index in [1.165, 1.54) is 20.5 Å². The number of carbonyl (C=O) groups excluding carboxylic acids is 1. The molecule has 5 nitrogen and oxygen atoms in total. The van der Waals surface area contributed by atoms with E-state index >= 15 is 0 Å². The summed E-state index contributed by atoms with van der Waals surface area (Å²) in [5.74, 6) is 0.685. The third-order valence-corrected chi connectivity index (χ3v) is 3.57. The van der Waals surface area contributed by atoms with Crippen LogP contribution in [0.25, 0.3) is 0 Å². The quantitative estimate of drug-likeness (QED) is 0.429. The second-order valence-corrected chi connectivity index (χ2v) is 5.41. The molecule has 2 aromatic rings. The van der Waals surface area contributed by atoms with Crippen LogP contribution in [0.2, 0.25) is 0 Å². The molecule has 1 atom stereocenters. The van der Waals surface area contributed by atoms with E-state index in [0.29, 0.717) is 5.75 Å². The number of esters is 1. The smallest absolute Gasteiger partial charge is 0.377 e. The van der Waals surface area contributed by atoms with Crippen molar-refractivity contribution in [3.8, 4) is 11.5 Å². The number of aryl methyl sites for hydroxylation is 1. The molecule has 0 aromatic heterocycles. The van der Waals surface area contributed by atoms with E-state index in [1.807, 2.05) is 62.4 Å². The summed E-state index contributed by atoms with van der Waals surface area (Å²) >= 11 is 0. The Morgan fingerprint density at radius 2 is 1.80 bits per heavy atom. The van der Waals surface area contributed by atoms with Gasteiger partial charge in [0.1, 0.15) is 23.9 Å². The number of para-hydroxylation sites is 1. The Morgan fingerprint density at radius 3 is 2.44 bits per heavy atom. The lowest BCUT2D eigenvalue weighted by Crippen LogP contribution is -2.12. The van der Waals surface area contributed by atoms with Gasteiger partial charge in [-0.15, -0.1) is 0 Å². The summed E-state index contributed by atoms with van der Waals surface area (Å²) in [5, 5.41) is 0. The Morgan fingerprint density at radius 1 is 1.08 bits per heavy atom. The lowest BCUT2D eigenvalue weighted by atomic mass is 10.1.